The summed E-state index contributed by atoms with van der Waals surface area (Å²) in [7, 11) is 0. The molecule has 20 heavy (non-hydrogen) atoms. The first kappa shape index (κ1) is 15.7. The molecular weight excluding hydrogens is 254 g/mol. The van der Waals surface area contributed by atoms with Gasteiger partial charge in [0.05, 0.1) is 12.7 Å². The van der Waals surface area contributed by atoms with Crippen molar-refractivity contribution in [2.24, 2.45) is 0 Å². The van der Waals surface area contributed by atoms with Crippen molar-refractivity contribution in [3.8, 4) is 0 Å². The van der Waals surface area contributed by atoms with Gasteiger partial charge in [-0.3, -0.25) is 9.69 Å². The Hall–Kier alpha value is -0.650. The van der Waals surface area contributed by atoms with E-state index in [9.17, 15) is 4.79 Å². The van der Waals surface area contributed by atoms with Crippen molar-refractivity contribution in [2.45, 2.75) is 45.3 Å². The van der Waals surface area contributed by atoms with E-state index in [4.69, 9.17) is 4.74 Å². The van der Waals surface area contributed by atoms with Crippen molar-refractivity contribution in [3.63, 3.8) is 0 Å². The van der Waals surface area contributed by atoms with Gasteiger partial charge in [-0.2, -0.15) is 0 Å². The number of carbonyl (C=O) groups is 1. The quantitative estimate of drug-likeness (QED) is 0.779. The first-order valence-electron chi connectivity index (χ1n) is 8.00. The monoisotopic (exact) mass is 283 g/mol. The van der Waals surface area contributed by atoms with E-state index in [0.29, 0.717) is 24.5 Å². The van der Waals surface area contributed by atoms with Crippen molar-refractivity contribution in [1.82, 2.24) is 15.1 Å². The molecule has 2 aliphatic rings. The lowest BCUT2D eigenvalue weighted by molar-refractivity contribution is -0.133. The van der Waals surface area contributed by atoms with Gasteiger partial charge in [-0.1, -0.05) is 0 Å². The van der Waals surface area contributed by atoms with E-state index in [1.165, 1.54) is 6.42 Å². The second-order valence-electron chi connectivity index (χ2n) is 6.14. The molecule has 0 saturated carbocycles. The van der Waals surface area contributed by atoms with Crippen LogP contribution in [0, 0.1) is 0 Å². The van der Waals surface area contributed by atoms with Gasteiger partial charge in [-0.05, 0) is 33.2 Å². The minimum Gasteiger partial charge on any atom is -0.377 e. The Morgan fingerprint density at radius 1 is 1.30 bits per heavy atom. The van der Waals surface area contributed by atoms with Crippen molar-refractivity contribution in [1.29, 1.82) is 0 Å². The molecule has 1 amide bonds. The molecule has 2 rings (SSSR count). The van der Waals surface area contributed by atoms with Crippen LogP contribution >= 0.6 is 0 Å². The fourth-order valence-corrected chi connectivity index (χ4v) is 2.91. The smallest absolute Gasteiger partial charge is 0.224 e. The lowest BCUT2D eigenvalue weighted by atomic mass is 10.1. The van der Waals surface area contributed by atoms with Gasteiger partial charge in [0.15, 0.2) is 0 Å². The van der Waals surface area contributed by atoms with E-state index in [0.717, 1.165) is 52.3 Å². The highest BCUT2D eigenvalue weighted by Crippen LogP contribution is 2.12. The van der Waals surface area contributed by atoms with Crippen molar-refractivity contribution < 1.29 is 9.53 Å². The summed E-state index contributed by atoms with van der Waals surface area (Å²) in [5.74, 6) is 0.322. The van der Waals surface area contributed by atoms with Crippen LogP contribution in [-0.4, -0.2) is 73.7 Å². The maximum atomic E-state index is 12.2. The zero-order valence-electron chi connectivity index (χ0n) is 12.9. The first-order chi connectivity index (χ1) is 9.65. The van der Waals surface area contributed by atoms with E-state index in [-0.39, 0.29) is 0 Å². The van der Waals surface area contributed by atoms with Gasteiger partial charge in [0.2, 0.25) is 5.91 Å². The summed E-state index contributed by atoms with van der Waals surface area (Å²) >= 11 is 0. The molecule has 1 N–H and O–H groups in total. The van der Waals surface area contributed by atoms with E-state index >= 15 is 0 Å². The third kappa shape index (κ3) is 5.04. The third-order valence-corrected chi connectivity index (χ3v) is 4.17. The molecule has 0 radical (unpaired) electrons. The lowest BCUT2D eigenvalue weighted by Crippen LogP contribution is -2.50. The van der Waals surface area contributed by atoms with Gasteiger partial charge in [-0.15, -0.1) is 0 Å². The molecule has 2 aliphatic heterocycles. The van der Waals surface area contributed by atoms with E-state index in [1.807, 2.05) is 4.90 Å². The average molecular weight is 283 g/mol. The summed E-state index contributed by atoms with van der Waals surface area (Å²) in [6.45, 7) is 10.7. The maximum Gasteiger partial charge on any atom is 0.224 e. The Balaban J connectivity index is 1.61. The third-order valence-electron chi connectivity index (χ3n) is 4.17. The fourth-order valence-electron chi connectivity index (χ4n) is 2.91. The molecule has 5 heteroatoms. The minimum absolute atomic E-state index is 0.303. The number of nitrogens with zero attached hydrogens (tertiary/aromatic N) is 2. The van der Waals surface area contributed by atoms with Gasteiger partial charge in [0.25, 0.3) is 0 Å². The highest BCUT2D eigenvalue weighted by Gasteiger charge is 2.24. The Kier molecular flexibility index (Phi) is 6.26. The largest absolute Gasteiger partial charge is 0.377 e. The predicted molar refractivity (Wildman–Crippen MR) is 79.7 cm³/mol. The lowest BCUT2D eigenvalue weighted by Gasteiger charge is -2.35. The zero-order chi connectivity index (χ0) is 14.4. The normalized spacial score (nSPS) is 24.6. The summed E-state index contributed by atoms with van der Waals surface area (Å²) < 4.78 is 5.58. The minimum atomic E-state index is 0.303. The molecule has 2 heterocycles. The summed E-state index contributed by atoms with van der Waals surface area (Å²) in [4.78, 5) is 16.6. The van der Waals surface area contributed by atoms with Crippen LogP contribution in [0.1, 0.15) is 33.1 Å². The molecular formula is C15H29N3O2. The molecule has 0 aromatic rings. The number of hydrogen-bond donors (Lipinski definition) is 1. The standard InChI is InChI=1S/C15H29N3O2/c1-13(2)20-11-10-17-6-8-18(9-7-17)15(19)12-14-4-3-5-16-14/h13-14,16H,3-12H2,1-2H3. The first-order valence-corrected chi connectivity index (χ1v) is 8.00. The highest BCUT2D eigenvalue weighted by molar-refractivity contribution is 5.77. The van der Waals surface area contributed by atoms with Crippen LogP contribution in [0.4, 0.5) is 0 Å². The molecule has 0 aromatic carbocycles. The van der Waals surface area contributed by atoms with Gasteiger partial charge >= 0.3 is 0 Å². The number of amides is 1. The summed E-state index contributed by atoms with van der Waals surface area (Å²) in [5, 5.41) is 3.40. The average Bonchev–Trinajstić information content (AvgIpc) is 2.92. The second-order valence-corrected chi connectivity index (χ2v) is 6.14. The highest BCUT2D eigenvalue weighted by atomic mass is 16.5. The summed E-state index contributed by atoms with van der Waals surface area (Å²) in [6, 6.07) is 0.417. The van der Waals surface area contributed by atoms with Crippen LogP contribution in [-0.2, 0) is 9.53 Å². The number of hydrogen-bond acceptors (Lipinski definition) is 4. The number of piperazine rings is 1. The molecule has 0 spiro atoms. The van der Waals surface area contributed by atoms with Crippen LogP contribution in [0.25, 0.3) is 0 Å². The van der Waals surface area contributed by atoms with E-state index < -0.39 is 0 Å². The van der Waals surface area contributed by atoms with Crippen LogP contribution in [0.15, 0.2) is 0 Å². The SMILES string of the molecule is CC(C)OCCN1CCN(C(=O)CC2CCCN2)CC1. The summed E-state index contributed by atoms with van der Waals surface area (Å²) in [5.41, 5.74) is 0. The fraction of sp³-hybridized carbons (Fsp3) is 0.933. The summed E-state index contributed by atoms with van der Waals surface area (Å²) in [6.07, 6.45) is 3.34. The van der Waals surface area contributed by atoms with Gasteiger partial charge in [-0.25, -0.2) is 0 Å². The maximum absolute atomic E-state index is 12.2. The van der Waals surface area contributed by atoms with Crippen molar-refractivity contribution in [2.75, 3.05) is 45.9 Å². The van der Waals surface area contributed by atoms with E-state index in [1.54, 1.807) is 0 Å². The molecule has 1 atom stereocenters. The zero-order valence-corrected chi connectivity index (χ0v) is 12.9. The molecule has 1 unspecified atom stereocenters. The molecule has 116 valence electrons. The number of nitrogens with one attached hydrogen (secondary N) is 1. The topological polar surface area (TPSA) is 44.8 Å². The van der Waals surface area contributed by atoms with Crippen LogP contribution in [0.3, 0.4) is 0 Å². The Bertz CT molecular complexity index is 295. The Morgan fingerprint density at radius 2 is 2.05 bits per heavy atom. The molecule has 0 aromatic heterocycles. The number of rotatable bonds is 6. The van der Waals surface area contributed by atoms with E-state index in [2.05, 4.69) is 24.1 Å². The van der Waals surface area contributed by atoms with Crippen LogP contribution in [0.5, 0.6) is 0 Å². The van der Waals surface area contributed by atoms with Crippen molar-refractivity contribution >= 4 is 5.91 Å². The van der Waals surface area contributed by atoms with Gasteiger partial charge in [0.1, 0.15) is 0 Å². The van der Waals surface area contributed by atoms with Gasteiger partial charge < -0.3 is 15.0 Å². The Morgan fingerprint density at radius 3 is 2.65 bits per heavy atom. The second kappa shape index (κ2) is 7.96. The van der Waals surface area contributed by atoms with Crippen molar-refractivity contribution in [3.05, 3.63) is 0 Å². The predicted octanol–water partition coefficient (Wildman–Crippen LogP) is 0.698. The Labute approximate surface area is 122 Å². The molecule has 0 aliphatic carbocycles. The van der Waals surface area contributed by atoms with Gasteiger partial charge in [0, 0.05) is 45.2 Å². The van der Waals surface area contributed by atoms with Crippen LogP contribution < -0.4 is 5.32 Å². The molecule has 2 saturated heterocycles. The molecule has 5 nitrogen and oxygen atoms in total. The number of ether oxygens (including phenoxy) is 1. The number of carbonyl (C=O) groups excluding carboxylic acids is 1. The van der Waals surface area contributed by atoms with Crippen LogP contribution in [0.2, 0.25) is 0 Å². The molecule has 0 bridgehead atoms. The molecule has 2 fully saturated rings.